The molecule has 1 heterocycles. The van der Waals surface area contributed by atoms with Gasteiger partial charge in [0, 0.05) is 24.8 Å². The first-order valence-corrected chi connectivity index (χ1v) is 5.31. The fourth-order valence-electron chi connectivity index (χ4n) is 2.25. The fourth-order valence-corrected chi connectivity index (χ4v) is 2.25. The smallest absolute Gasteiger partial charge is 0.0447 e. The van der Waals surface area contributed by atoms with Crippen LogP contribution in [0.1, 0.15) is 25.0 Å². The summed E-state index contributed by atoms with van der Waals surface area (Å²) in [6, 6.07) is 7.05. The van der Waals surface area contributed by atoms with Gasteiger partial charge in [-0.05, 0) is 31.4 Å². The van der Waals surface area contributed by atoms with Gasteiger partial charge in [0.2, 0.25) is 0 Å². The minimum atomic E-state index is 0.573. The molecule has 0 amide bonds. The van der Waals surface area contributed by atoms with Crippen molar-refractivity contribution in [3.63, 3.8) is 0 Å². The Morgan fingerprint density at radius 3 is 2.86 bits per heavy atom. The first-order valence-electron chi connectivity index (χ1n) is 5.31. The molecule has 1 aliphatic heterocycles. The van der Waals surface area contributed by atoms with Crippen molar-refractivity contribution in [3.05, 3.63) is 29.3 Å². The number of hydrogen-bond acceptors (Lipinski definition) is 2. The van der Waals surface area contributed by atoms with E-state index in [9.17, 15) is 0 Å². The zero-order chi connectivity index (χ0) is 10.1. The van der Waals surface area contributed by atoms with Crippen molar-refractivity contribution in [1.82, 2.24) is 0 Å². The summed E-state index contributed by atoms with van der Waals surface area (Å²) in [6.45, 7) is 6.27. The van der Waals surface area contributed by atoms with Gasteiger partial charge < -0.3 is 10.6 Å². The molecule has 2 rings (SSSR count). The van der Waals surface area contributed by atoms with Crippen LogP contribution in [0.3, 0.4) is 0 Å². The third kappa shape index (κ3) is 1.40. The summed E-state index contributed by atoms with van der Waals surface area (Å²) in [7, 11) is 0. The molecule has 0 aromatic heterocycles. The van der Waals surface area contributed by atoms with Gasteiger partial charge in [-0.3, -0.25) is 0 Å². The molecule has 14 heavy (non-hydrogen) atoms. The van der Waals surface area contributed by atoms with Gasteiger partial charge in [0.25, 0.3) is 0 Å². The number of nitrogens with zero attached hydrogens (tertiary/aromatic N) is 1. The molecule has 1 aromatic rings. The molecule has 76 valence electrons. The SMILES string of the molecule is CC(C)N1CCc2cccc(CN)c21. The van der Waals surface area contributed by atoms with Crippen molar-refractivity contribution >= 4 is 5.69 Å². The Morgan fingerprint density at radius 2 is 2.21 bits per heavy atom. The minimum Gasteiger partial charge on any atom is -0.368 e. The highest BCUT2D eigenvalue weighted by Gasteiger charge is 2.23. The van der Waals surface area contributed by atoms with E-state index in [2.05, 4.69) is 36.9 Å². The Kier molecular flexibility index (Phi) is 2.46. The van der Waals surface area contributed by atoms with E-state index in [0.29, 0.717) is 12.6 Å². The molecule has 0 saturated carbocycles. The van der Waals surface area contributed by atoms with E-state index in [4.69, 9.17) is 5.73 Å². The van der Waals surface area contributed by atoms with Crippen molar-refractivity contribution in [1.29, 1.82) is 0 Å². The molecule has 1 aliphatic rings. The van der Waals surface area contributed by atoms with Gasteiger partial charge in [-0.15, -0.1) is 0 Å². The lowest BCUT2D eigenvalue weighted by Gasteiger charge is -2.26. The van der Waals surface area contributed by atoms with Crippen LogP contribution in [0.4, 0.5) is 5.69 Å². The molecular formula is C12H18N2. The molecule has 0 radical (unpaired) electrons. The monoisotopic (exact) mass is 190 g/mol. The van der Waals surface area contributed by atoms with Crippen LogP contribution in [0.5, 0.6) is 0 Å². The standard InChI is InChI=1S/C12H18N2/c1-9(2)14-7-6-10-4-3-5-11(8-13)12(10)14/h3-5,9H,6-8,13H2,1-2H3. The molecule has 0 atom stereocenters. The van der Waals surface area contributed by atoms with Gasteiger partial charge >= 0.3 is 0 Å². The van der Waals surface area contributed by atoms with Crippen LogP contribution < -0.4 is 10.6 Å². The van der Waals surface area contributed by atoms with Crippen LogP contribution in [0, 0.1) is 0 Å². The Bertz CT molecular complexity index is 331. The van der Waals surface area contributed by atoms with Crippen molar-refractivity contribution in [3.8, 4) is 0 Å². The minimum absolute atomic E-state index is 0.573. The van der Waals surface area contributed by atoms with Gasteiger partial charge in [-0.25, -0.2) is 0 Å². The Hall–Kier alpha value is -1.02. The van der Waals surface area contributed by atoms with Gasteiger partial charge in [0.15, 0.2) is 0 Å². The summed E-state index contributed by atoms with van der Waals surface area (Å²) >= 11 is 0. The summed E-state index contributed by atoms with van der Waals surface area (Å²) < 4.78 is 0. The van der Waals surface area contributed by atoms with E-state index in [1.165, 1.54) is 23.2 Å². The van der Waals surface area contributed by atoms with E-state index in [-0.39, 0.29) is 0 Å². The van der Waals surface area contributed by atoms with Crippen LogP contribution in [0.25, 0.3) is 0 Å². The van der Waals surface area contributed by atoms with E-state index in [0.717, 1.165) is 6.54 Å². The summed E-state index contributed by atoms with van der Waals surface area (Å²) in [4.78, 5) is 2.46. The second kappa shape index (κ2) is 3.62. The number of para-hydroxylation sites is 1. The first-order chi connectivity index (χ1) is 6.74. The lowest BCUT2D eigenvalue weighted by Crippen LogP contribution is -2.29. The molecule has 0 unspecified atom stereocenters. The number of fused-ring (bicyclic) bond motifs is 1. The van der Waals surface area contributed by atoms with Crippen LogP contribution >= 0.6 is 0 Å². The average molecular weight is 190 g/mol. The molecule has 0 aliphatic carbocycles. The molecule has 0 fully saturated rings. The van der Waals surface area contributed by atoms with Crippen molar-refractivity contribution in [2.45, 2.75) is 32.9 Å². The van der Waals surface area contributed by atoms with E-state index in [1.54, 1.807) is 0 Å². The van der Waals surface area contributed by atoms with E-state index >= 15 is 0 Å². The highest BCUT2D eigenvalue weighted by atomic mass is 15.2. The number of hydrogen-bond donors (Lipinski definition) is 1. The number of nitrogens with two attached hydrogens (primary N) is 1. The van der Waals surface area contributed by atoms with Crippen LogP contribution in [-0.4, -0.2) is 12.6 Å². The van der Waals surface area contributed by atoms with Gasteiger partial charge in [-0.1, -0.05) is 18.2 Å². The maximum atomic E-state index is 5.76. The van der Waals surface area contributed by atoms with Crippen LogP contribution in [0.2, 0.25) is 0 Å². The van der Waals surface area contributed by atoms with Gasteiger partial charge in [0.05, 0.1) is 0 Å². The lowest BCUT2D eigenvalue weighted by molar-refractivity contribution is 0.707. The Balaban J connectivity index is 2.45. The van der Waals surface area contributed by atoms with Gasteiger partial charge in [0.1, 0.15) is 0 Å². The van der Waals surface area contributed by atoms with Crippen molar-refractivity contribution in [2.24, 2.45) is 5.73 Å². The molecule has 2 heteroatoms. The largest absolute Gasteiger partial charge is 0.368 e. The second-order valence-electron chi connectivity index (χ2n) is 4.17. The number of benzene rings is 1. The molecule has 0 saturated heterocycles. The van der Waals surface area contributed by atoms with Gasteiger partial charge in [-0.2, -0.15) is 0 Å². The summed E-state index contributed by atoms with van der Waals surface area (Å²) in [5.74, 6) is 0. The topological polar surface area (TPSA) is 29.3 Å². The highest BCUT2D eigenvalue weighted by Crippen LogP contribution is 2.32. The Morgan fingerprint density at radius 1 is 1.43 bits per heavy atom. The van der Waals surface area contributed by atoms with E-state index < -0.39 is 0 Å². The fraction of sp³-hybridized carbons (Fsp3) is 0.500. The van der Waals surface area contributed by atoms with Crippen molar-refractivity contribution in [2.75, 3.05) is 11.4 Å². The summed E-state index contributed by atoms with van der Waals surface area (Å²) in [5.41, 5.74) is 9.90. The molecular weight excluding hydrogens is 172 g/mol. The maximum Gasteiger partial charge on any atom is 0.0447 e. The van der Waals surface area contributed by atoms with Crippen LogP contribution in [-0.2, 0) is 13.0 Å². The summed E-state index contributed by atoms with van der Waals surface area (Å²) in [5, 5.41) is 0. The molecule has 1 aromatic carbocycles. The third-order valence-electron chi connectivity index (χ3n) is 2.96. The average Bonchev–Trinajstić information content (AvgIpc) is 2.60. The lowest BCUT2D eigenvalue weighted by atomic mass is 10.1. The molecule has 0 bridgehead atoms. The zero-order valence-corrected chi connectivity index (χ0v) is 8.96. The Labute approximate surface area is 85.7 Å². The van der Waals surface area contributed by atoms with Crippen LogP contribution in [0.15, 0.2) is 18.2 Å². The predicted molar refractivity (Wildman–Crippen MR) is 60.5 cm³/mol. The number of rotatable bonds is 2. The quantitative estimate of drug-likeness (QED) is 0.772. The number of anilines is 1. The second-order valence-corrected chi connectivity index (χ2v) is 4.17. The molecule has 0 spiro atoms. The first kappa shape index (κ1) is 9.53. The molecule has 2 nitrogen and oxygen atoms in total. The third-order valence-corrected chi connectivity index (χ3v) is 2.96. The molecule has 2 N–H and O–H groups in total. The summed E-state index contributed by atoms with van der Waals surface area (Å²) in [6.07, 6.45) is 1.17. The van der Waals surface area contributed by atoms with E-state index in [1.807, 2.05) is 0 Å². The predicted octanol–water partition coefficient (Wildman–Crippen LogP) is 1.92. The van der Waals surface area contributed by atoms with Crippen molar-refractivity contribution < 1.29 is 0 Å². The highest BCUT2D eigenvalue weighted by molar-refractivity contribution is 5.63. The maximum absolute atomic E-state index is 5.76. The normalized spacial score (nSPS) is 15.0. The zero-order valence-electron chi connectivity index (χ0n) is 8.96.